The largest absolute Gasteiger partial charge is 0.497 e. The molecule has 1 aliphatic rings. The molecular formula is C21H22N2O4S2. The van der Waals surface area contributed by atoms with Gasteiger partial charge >= 0.3 is 5.97 Å². The first-order chi connectivity index (χ1) is 13.9. The summed E-state index contributed by atoms with van der Waals surface area (Å²) < 4.78 is 12.1. The zero-order valence-corrected chi connectivity index (χ0v) is 18.4. The molecule has 0 spiro atoms. The van der Waals surface area contributed by atoms with Gasteiger partial charge in [0.05, 0.1) is 24.8 Å². The molecule has 1 atom stereocenters. The highest BCUT2D eigenvalue weighted by molar-refractivity contribution is 8.00. The number of ether oxygens (including phenoxy) is 2. The molecule has 3 heterocycles. The molecule has 152 valence electrons. The van der Waals surface area contributed by atoms with Gasteiger partial charge in [-0.15, -0.1) is 11.3 Å². The van der Waals surface area contributed by atoms with E-state index >= 15 is 0 Å². The monoisotopic (exact) mass is 430 g/mol. The zero-order chi connectivity index (χ0) is 20.7. The molecule has 1 aliphatic heterocycles. The van der Waals surface area contributed by atoms with Crippen molar-refractivity contribution >= 4 is 39.3 Å². The Morgan fingerprint density at radius 2 is 2.14 bits per heavy atom. The van der Waals surface area contributed by atoms with E-state index in [1.807, 2.05) is 39.0 Å². The molecule has 3 aromatic rings. The van der Waals surface area contributed by atoms with Crippen LogP contribution in [0.4, 0.5) is 0 Å². The van der Waals surface area contributed by atoms with Crippen molar-refractivity contribution in [3.63, 3.8) is 0 Å². The first-order valence-electron chi connectivity index (χ1n) is 9.48. The van der Waals surface area contributed by atoms with Crippen molar-refractivity contribution in [2.75, 3.05) is 13.7 Å². The van der Waals surface area contributed by atoms with Gasteiger partial charge in [-0.1, -0.05) is 18.7 Å². The van der Waals surface area contributed by atoms with E-state index < -0.39 is 0 Å². The number of cyclic esters (lactones) is 1. The smallest absolute Gasteiger partial charge is 0.319 e. The van der Waals surface area contributed by atoms with Crippen LogP contribution < -0.4 is 10.3 Å². The third kappa shape index (κ3) is 3.44. The van der Waals surface area contributed by atoms with Gasteiger partial charge in [0, 0.05) is 11.3 Å². The molecule has 0 aliphatic carbocycles. The van der Waals surface area contributed by atoms with E-state index in [4.69, 9.17) is 14.5 Å². The van der Waals surface area contributed by atoms with Gasteiger partial charge in [0.25, 0.3) is 5.56 Å². The summed E-state index contributed by atoms with van der Waals surface area (Å²) in [4.78, 5) is 32.4. The molecule has 2 aromatic heterocycles. The van der Waals surface area contributed by atoms with Gasteiger partial charge in [-0.3, -0.25) is 14.2 Å². The molecule has 0 unspecified atom stereocenters. The standard InChI is InChI=1S/C21H22N2O4S2/c1-5-14-12(3)28-18-17(14)19(24)23(15-7-6-13(26-4)10-11(15)2)21(22-18)29-16-8-9-27-20(16)25/h6-7,10,16H,5,8-9H2,1-4H3/t16-/m1/s1. The fraction of sp³-hybridized carbons (Fsp3) is 0.381. The van der Waals surface area contributed by atoms with Crippen molar-refractivity contribution in [2.24, 2.45) is 0 Å². The maximum Gasteiger partial charge on any atom is 0.319 e. The summed E-state index contributed by atoms with van der Waals surface area (Å²) in [5.41, 5.74) is 2.58. The van der Waals surface area contributed by atoms with E-state index in [9.17, 15) is 9.59 Å². The Bertz CT molecular complexity index is 1170. The van der Waals surface area contributed by atoms with Crippen LogP contribution in [-0.2, 0) is 16.0 Å². The topological polar surface area (TPSA) is 70.4 Å². The fourth-order valence-corrected chi connectivity index (χ4v) is 5.86. The number of hydrogen-bond donors (Lipinski definition) is 0. The minimum atomic E-state index is -0.351. The van der Waals surface area contributed by atoms with Gasteiger partial charge in [0.2, 0.25) is 0 Å². The maximum absolute atomic E-state index is 13.7. The lowest BCUT2D eigenvalue weighted by Crippen LogP contribution is -2.24. The van der Waals surface area contributed by atoms with Crippen LogP contribution in [0.5, 0.6) is 5.75 Å². The lowest BCUT2D eigenvalue weighted by Gasteiger charge is -2.16. The first kappa shape index (κ1) is 20.0. The molecule has 0 N–H and O–H groups in total. The molecule has 0 saturated carbocycles. The Morgan fingerprint density at radius 1 is 1.34 bits per heavy atom. The quantitative estimate of drug-likeness (QED) is 0.449. The molecule has 1 fully saturated rings. The van der Waals surface area contributed by atoms with Crippen molar-refractivity contribution in [3.8, 4) is 11.4 Å². The van der Waals surface area contributed by atoms with E-state index in [2.05, 4.69) is 0 Å². The van der Waals surface area contributed by atoms with Crippen LogP contribution in [0.1, 0.15) is 29.3 Å². The Hall–Kier alpha value is -2.32. The number of nitrogens with zero attached hydrogens (tertiary/aromatic N) is 2. The first-order valence-corrected chi connectivity index (χ1v) is 11.2. The zero-order valence-electron chi connectivity index (χ0n) is 16.8. The Morgan fingerprint density at radius 3 is 2.76 bits per heavy atom. The molecule has 1 saturated heterocycles. The fourth-order valence-electron chi connectivity index (χ4n) is 3.63. The third-order valence-electron chi connectivity index (χ3n) is 5.13. The number of carbonyl (C=O) groups is 1. The maximum atomic E-state index is 13.7. The number of thiophene rings is 1. The summed E-state index contributed by atoms with van der Waals surface area (Å²) in [6.07, 6.45) is 1.38. The van der Waals surface area contributed by atoms with Crippen LogP contribution in [0.25, 0.3) is 15.9 Å². The van der Waals surface area contributed by atoms with Crippen LogP contribution >= 0.6 is 23.1 Å². The van der Waals surface area contributed by atoms with Crippen LogP contribution in [0.3, 0.4) is 0 Å². The minimum absolute atomic E-state index is 0.0988. The van der Waals surface area contributed by atoms with Crippen LogP contribution in [0.15, 0.2) is 28.2 Å². The minimum Gasteiger partial charge on any atom is -0.497 e. The average molecular weight is 431 g/mol. The van der Waals surface area contributed by atoms with Gasteiger partial charge < -0.3 is 9.47 Å². The number of carbonyl (C=O) groups excluding carboxylic acids is 1. The van der Waals surface area contributed by atoms with Gasteiger partial charge in [-0.2, -0.15) is 0 Å². The Labute approximate surface area is 176 Å². The van der Waals surface area contributed by atoms with Crippen molar-refractivity contribution in [1.29, 1.82) is 0 Å². The highest BCUT2D eigenvalue weighted by Crippen LogP contribution is 2.34. The second-order valence-corrected chi connectivity index (χ2v) is 9.29. The Kier molecular flexibility index (Phi) is 5.40. The van der Waals surface area contributed by atoms with Crippen molar-refractivity contribution < 1.29 is 14.3 Å². The number of aryl methyl sites for hydroxylation is 3. The summed E-state index contributed by atoms with van der Waals surface area (Å²) in [6, 6.07) is 5.59. The molecule has 6 nitrogen and oxygen atoms in total. The second kappa shape index (κ2) is 7.84. The van der Waals surface area contributed by atoms with Crippen molar-refractivity contribution in [3.05, 3.63) is 44.6 Å². The van der Waals surface area contributed by atoms with Gasteiger partial charge in [0.1, 0.15) is 15.8 Å². The summed E-state index contributed by atoms with van der Waals surface area (Å²) in [5.74, 6) is 0.474. The number of methoxy groups -OCH3 is 1. The van der Waals surface area contributed by atoms with Crippen molar-refractivity contribution in [2.45, 2.75) is 44.0 Å². The number of hydrogen-bond acceptors (Lipinski definition) is 7. The number of rotatable bonds is 5. The van der Waals surface area contributed by atoms with E-state index in [1.54, 1.807) is 11.7 Å². The number of benzene rings is 1. The summed E-state index contributed by atoms with van der Waals surface area (Å²) in [5, 5.41) is 0.836. The van der Waals surface area contributed by atoms with Crippen LogP contribution in [0, 0.1) is 13.8 Å². The lowest BCUT2D eigenvalue weighted by molar-refractivity contribution is -0.137. The number of esters is 1. The normalized spacial score (nSPS) is 16.4. The second-order valence-electron chi connectivity index (χ2n) is 6.92. The van der Waals surface area contributed by atoms with E-state index in [0.717, 1.165) is 38.7 Å². The van der Waals surface area contributed by atoms with E-state index in [-0.39, 0.29) is 16.8 Å². The molecule has 8 heteroatoms. The van der Waals surface area contributed by atoms with Crippen LogP contribution in [0.2, 0.25) is 0 Å². The van der Waals surface area contributed by atoms with E-state index in [1.165, 1.54) is 23.1 Å². The molecule has 0 amide bonds. The summed E-state index contributed by atoms with van der Waals surface area (Å²) in [6.45, 7) is 6.41. The predicted octanol–water partition coefficient (Wildman–Crippen LogP) is 4.04. The highest BCUT2D eigenvalue weighted by atomic mass is 32.2. The number of thioether (sulfide) groups is 1. The predicted molar refractivity (Wildman–Crippen MR) is 116 cm³/mol. The molecule has 0 radical (unpaired) electrons. The Balaban J connectivity index is 1.98. The highest BCUT2D eigenvalue weighted by Gasteiger charge is 2.30. The molecule has 1 aromatic carbocycles. The van der Waals surface area contributed by atoms with Gasteiger partial charge in [-0.25, -0.2) is 4.98 Å². The SMILES string of the molecule is CCc1c(C)sc2nc(S[C@@H]3CCOC3=O)n(-c3ccc(OC)cc3C)c(=O)c12. The molecular weight excluding hydrogens is 408 g/mol. The molecule has 29 heavy (non-hydrogen) atoms. The summed E-state index contributed by atoms with van der Waals surface area (Å²) >= 11 is 2.83. The molecule has 4 rings (SSSR count). The molecule has 0 bridgehead atoms. The van der Waals surface area contributed by atoms with Gasteiger partial charge in [0.15, 0.2) is 5.16 Å². The lowest BCUT2D eigenvalue weighted by atomic mass is 10.1. The van der Waals surface area contributed by atoms with Crippen molar-refractivity contribution in [1.82, 2.24) is 9.55 Å². The number of fused-ring (bicyclic) bond motifs is 1. The number of aromatic nitrogens is 2. The third-order valence-corrected chi connectivity index (χ3v) is 7.37. The summed E-state index contributed by atoms with van der Waals surface area (Å²) in [7, 11) is 1.61. The van der Waals surface area contributed by atoms with Crippen LogP contribution in [-0.4, -0.2) is 34.5 Å². The van der Waals surface area contributed by atoms with E-state index in [0.29, 0.717) is 23.6 Å². The average Bonchev–Trinajstić information content (AvgIpc) is 3.24. The van der Waals surface area contributed by atoms with Gasteiger partial charge in [-0.05, 0) is 49.6 Å².